The number of carbonyl (C=O) groups excluding carboxylic acids is 2. The molecule has 0 spiro atoms. The number of benzene rings is 1. The minimum absolute atomic E-state index is 0.0631. The lowest BCUT2D eigenvalue weighted by atomic mass is 10.0. The molecular weight excluding hydrogens is 372 g/mol. The van der Waals surface area contributed by atoms with E-state index in [4.69, 9.17) is 4.74 Å². The van der Waals surface area contributed by atoms with E-state index in [1.165, 1.54) is 11.3 Å². The molecule has 0 unspecified atom stereocenters. The average Bonchev–Trinajstić information content (AvgIpc) is 3.08. The number of nitrogens with one attached hydrogen (secondary N) is 2. The van der Waals surface area contributed by atoms with Crippen LogP contribution >= 0.6 is 11.3 Å². The van der Waals surface area contributed by atoms with Gasteiger partial charge in [-0.05, 0) is 55.7 Å². The SMILES string of the molecule is CC(C)CCNC(=O)c1ccsc1-c1ccccc1CNC(=O)OC(C)(C)C. The van der Waals surface area contributed by atoms with Crippen LogP contribution in [-0.2, 0) is 11.3 Å². The summed E-state index contributed by atoms with van der Waals surface area (Å²) in [4.78, 5) is 25.5. The number of carbonyl (C=O) groups is 2. The molecule has 0 aliphatic rings. The Hall–Kier alpha value is -2.34. The molecule has 6 heteroatoms. The second-order valence-electron chi connectivity index (χ2n) is 8.11. The van der Waals surface area contributed by atoms with Crippen molar-refractivity contribution in [3.05, 3.63) is 46.8 Å². The molecule has 0 bridgehead atoms. The Kier molecular flexibility index (Phi) is 7.63. The van der Waals surface area contributed by atoms with Crippen LogP contribution in [0.4, 0.5) is 4.79 Å². The van der Waals surface area contributed by atoms with Crippen molar-refractivity contribution < 1.29 is 14.3 Å². The molecule has 0 aliphatic carbocycles. The molecule has 1 heterocycles. The van der Waals surface area contributed by atoms with Crippen LogP contribution in [0.5, 0.6) is 0 Å². The zero-order valence-electron chi connectivity index (χ0n) is 17.3. The summed E-state index contributed by atoms with van der Waals surface area (Å²) in [6.45, 7) is 10.8. The molecule has 5 nitrogen and oxygen atoms in total. The smallest absolute Gasteiger partial charge is 0.407 e. The van der Waals surface area contributed by atoms with Gasteiger partial charge in [-0.1, -0.05) is 38.1 Å². The highest BCUT2D eigenvalue weighted by Crippen LogP contribution is 2.32. The van der Waals surface area contributed by atoms with E-state index in [0.29, 0.717) is 24.6 Å². The second kappa shape index (κ2) is 9.73. The van der Waals surface area contributed by atoms with Crippen molar-refractivity contribution in [2.45, 2.75) is 53.2 Å². The topological polar surface area (TPSA) is 67.4 Å². The first-order valence-electron chi connectivity index (χ1n) is 9.58. The van der Waals surface area contributed by atoms with Gasteiger partial charge in [0.2, 0.25) is 0 Å². The third-order valence-electron chi connectivity index (χ3n) is 4.00. The molecule has 0 saturated carbocycles. The first kappa shape index (κ1) is 22.0. The number of hydrogen-bond acceptors (Lipinski definition) is 4. The van der Waals surface area contributed by atoms with Crippen LogP contribution in [0.2, 0.25) is 0 Å². The molecule has 0 aliphatic heterocycles. The molecule has 2 rings (SSSR count). The Morgan fingerprint density at radius 3 is 2.50 bits per heavy atom. The standard InChI is InChI=1S/C22H30N2O3S/c1-15(2)10-12-23-20(25)18-11-13-28-19(18)17-9-7-6-8-16(17)14-24-21(26)27-22(3,4)5/h6-9,11,13,15H,10,12,14H2,1-5H3,(H,23,25)(H,24,26). The maximum atomic E-state index is 12.6. The van der Waals surface area contributed by atoms with Crippen molar-refractivity contribution in [2.24, 2.45) is 5.92 Å². The van der Waals surface area contributed by atoms with Gasteiger partial charge in [0.05, 0.1) is 5.56 Å². The fourth-order valence-electron chi connectivity index (χ4n) is 2.64. The molecule has 1 aromatic carbocycles. The van der Waals surface area contributed by atoms with Crippen LogP contribution in [0.25, 0.3) is 10.4 Å². The van der Waals surface area contributed by atoms with Crippen LogP contribution < -0.4 is 10.6 Å². The molecule has 0 fully saturated rings. The maximum Gasteiger partial charge on any atom is 0.407 e. The molecule has 152 valence electrons. The predicted octanol–water partition coefficient (Wildman–Crippen LogP) is 5.22. The molecule has 28 heavy (non-hydrogen) atoms. The van der Waals surface area contributed by atoms with Crippen molar-refractivity contribution >= 4 is 23.3 Å². The molecule has 1 aromatic heterocycles. The Labute approximate surface area is 171 Å². The van der Waals surface area contributed by atoms with Crippen LogP contribution in [0.1, 0.15) is 57.0 Å². The molecule has 0 atom stereocenters. The molecule has 0 saturated heterocycles. The predicted molar refractivity (Wildman–Crippen MR) is 115 cm³/mol. The minimum Gasteiger partial charge on any atom is -0.444 e. The summed E-state index contributed by atoms with van der Waals surface area (Å²) >= 11 is 1.52. The lowest BCUT2D eigenvalue weighted by molar-refractivity contribution is 0.0523. The van der Waals surface area contributed by atoms with Crippen molar-refractivity contribution in [1.82, 2.24) is 10.6 Å². The van der Waals surface area contributed by atoms with Crippen molar-refractivity contribution in [1.29, 1.82) is 0 Å². The van der Waals surface area contributed by atoms with Crippen molar-refractivity contribution in [2.75, 3.05) is 6.54 Å². The number of rotatable bonds is 7. The molecule has 2 amide bonds. The summed E-state index contributed by atoms with van der Waals surface area (Å²) in [5.41, 5.74) is 2.01. The summed E-state index contributed by atoms with van der Waals surface area (Å²) in [6, 6.07) is 9.64. The van der Waals surface area contributed by atoms with E-state index in [0.717, 1.165) is 22.4 Å². The zero-order valence-corrected chi connectivity index (χ0v) is 18.1. The number of amides is 2. The number of hydrogen-bond donors (Lipinski definition) is 2. The maximum absolute atomic E-state index is 12.6. The van der Waals surface area contributed by atoms with Crippen LogP contribution in [0, 0.1) is 5.92 Å². The number of ether oxygens (including phenoxy) is 1. The van der Waals surface area contributed by atoms with Crippen LogP contribution in [0.3, 0.4) is 0 Å². The van der Waals surface area contributed by atoms with E-state index in [1.807, 2.05) is 56.5 Å². The van der Waals surface area contributed by atoms with Crippen molar-refractivity contribution in [3.8, 4) is 10.4 Å². The Balaban J connectivity index is 2.14. The van der Waals surface area contributed by atoms with E-state index in [9.17, 15) is 9.59 Å². The highest BCUT2D eigenvalue weighted by atomic mass is 32.1. The third kappa shape index (κ3) is 6.68. The first-order valence-corrected chi connectivity index (χ1v) is 10.5. The minimum atomic E-state index is -0.543. The summed E-state index contributed by atoms with van der Waals surface area (Å²) in [5.74, 6) is 0.480. The van der Waals surface area contributed by atoms with Crippen LogP contribution in [0.15, 0.2) is 35.7 Å². The number of thiophene rings is 1. The molecule has 0 radical (unpaired) electrons. The van der Waals surface area contributed by atoms with Gasteiger partial charge in [0.1, 0.15) is 5.60 Å². The second-order valence-corrected chi connectivity index (χ2v) is 9.03. The lowest BCUT2D eigenvalue weighted by Crippen LogP contribution is -2.32. The van der Waals surface area contributed by atoms with Gasteiger partial charge in [-0.15, -0.1) is 11.3 Å². The normalized spacial score (nSPS) is 11.4. The van der Waals surface area contributed by atoms with E-state index in [2.05, 4.69) is 24.5 Å². The molecular formula is C22H30N2O3S. The van der Waals surface area contributed by atoms with Crippen molar-refractivity contribution in [3.63, 3.8) is 0 Å². The highest BCUT2D eigenvalue weighted by Gasteiger charge is 2.18. The van der Waals surface area contributed by atoms with Gasteiger partial charge in [0.15, 0.2) is 0 Å². The fraction of sp³-hybridized carbons (Fsp3) is 0.455. The first-order chi connectivity index (χ1) is 13.2. The molecule has 2 N–H and O–H groups in total. The Bertz CT molecular complexity index is 806. The lowest BCUT2D eigenvalue weighted by Gasteiger charge is -2.20. The van der Waals surface area contributed by atoms with Gasteiger partial charge in [-0.2, -0.15) is 0 Å². The van der Waals surface area contributed by atoms with E-state index in [-0.39, 0.29) is 5.91 Å². The third-order valence-corrected chi connectivity index (χ3v) is 4.95. The zero-order chi connectivity index (χ0) is 20.7. The number of alkyl carbamates (subject to hydrolysis) is 1. The van der Waals surface area contributed by atoms with E-state index >= 15 is 0 Å². The summed E-state index contributed by atoms with van der Waals surface area (Å²) < 4.78 is 5.30. The molecule has 2 aromatic rings. The summed E-state index contributed by atoms with van der Waals surface area (Å²) in [7, 11) is 0. The van der Waals surface area contributed by atoms with Gasteiger partial charge in [0, 0.05) is 18.0 Å². The van der Waals surface area contributed by atoms with Gasteiger partial charge in [-0.25, -0.2) is 4.79 Å². The average molecular weight is 403 g/mol. The quantitative estimate of drug-likeness (QED) is 0.667. The monoisotopic (exact) mass is 402 g/mol. The van der Waals surface area contributed by atoms with Gasteiger partial charge < -0.3 is 15.4 Å². The van der Waals surface area contributed by atoms with Crippen LogP contribution in [-0.4, -0.2) is 24.1 Å². The van der Waals surface area contributed by atoms with E-state index < -0.39 is 11.7 Å². The Morgan fingerprint density at radius 2 is 1.82 bits per heavy atom. The van der Waals surface area contributed by atoms with Gasteiger partial charge in [0.25, 0.3) is 5.91 Å². The van der Waals surface area contributed by atoms with Gasteiger partial charge in [-0.3, -0.25) is 4.79 Å². The van der Waals surface area contributed by atoms with Gasteiger partial charge >= 0.3 is 6.09 Å². The fourth-order valence-corrected chi connectivity index (χ4v) is 3.60. The highest BCUT2D eigenvalue weighted by molar-refractivity contribution is 7.14. The largest absolute Gasteiger partial charge is 0.444 e. The van der Waals surface area contributed by atoms with E-state index in [1.54, 1.807) is 0 Å². The summed E-state index contributed by atoms with van der Waals surface area (Å²) in [6.07, 6.45) is 0.488. The Morgan fingerprint density at radius 1 is 1.11 bits per heavy atom. The summed E-state index contributed by atoms with van der Waals surface area (Å²) in [5, 5.41) is 7.72.